The molecule has 0 aliphatic heterocycles. The van der Waals surface area contributed by atoms with Crippen molar-refractivity contribution in [2.24, 2.45) is 0 Å². The minimum atomic E-state index is -3.62. The lowest BCUT2D eigenvalue weighted by atomic mass is 10.2. The van der Waals surface area contributed by atoms with Crippen LogP contribution in [0, 0.1) is 13.8 Å². The zero-order valence-corrected chi connectivity index (χ0v) is 18.0. The largest absolute Gasteiger partial charge is 0.483 e. The van der Waals surface area contributed by atoms with Crippen molar-refractivity contribution in [2.75, 3.05) is 25.0 Å². The van der Waals surface area contributed by atoms with Gasteiger partial charge in [-0.25, -0.2) is 8.42 Å². The van der Waals surface area contributed by atoms with Gasteiger partial charge in [0.2, 0.25) is 10.0 Å². The van der Waals surface area contributed by atoms with Gasteiger partial charge in [-0.05, 0) is 55.3 Å². The zero-order valence-electron chi connectivity index (χ0n) is 16.5. The molecule has 152 valence electrons. The highest BCUT2D eigenvalue weighted by Gasteiger charge is 2.24. The van der Waals surface area contributed by atoms with Gasteiger partial charge in [-0.2, -0.15) is 4.31 Å². The average molecular weight is 425 g/mol. The van der Waals surface area contributed by atoms with E-state index in [9.17, 15) is 13.2 Å². The third-order valence-corrected chi connectivity index (χ3v) is 6.72. The molecule has 0 aromatic heterocycles. The first-order valence-corrected chi connectivity index (χ1v) is 10.8. The summed E-state index contributed by atoms with van der Waals surface area (Å²) in [4.78, 5) is 12.4. The van der Waals surface area contributed by atoms with Crippen LogP contribution >= 0.6 is 11.6 Å². The van der Waals surface area contributed by atoms with Gasteiger partial charge >= 0.3 is 0 Å². The fraction of sp³-hybridized carbons (Fsp3) is 0.350. The van der Waals surface area contributed by atoms with E-state index in [2.05, 4.69) is 5.32 Å². The second-order valence-corrected chi connectivity index (χ2v) is 8.66. The molecule has 2 aromatic rings. The topological polar surface area (TPSA) is 75.7 Å². The predicted molar refractivity (Wildman–Crippen MR) is 112 cm³/mol. The van der Waals surface area contributed by atoms with Gasteiger partial charge in [-0.1, -0.05) is 31.5 Å². The summed E-state index contributed by atoms with van der Waals surface area (Å²) in [6.45, 7) is 7.70. The van der Waals surface area contributed by atoms with E-state index in [1.54, 1.807) is 51.1 Å². The summed E-state index contributed by atoms with van der Waals surface area (Å²) in [6.07, 6.45) is 0. The van der Waals surface area contributed by atoms with E-state index in [0.29, 0.717) is 35.1 Å². The summed E-state index contributed by atoms with van der Waals surface area (Å²) in [5, 5.41) is 3.28. The number of halogens is 1. The molecular formula is C20H25ClN2O4S. The number of sulfonamides is 1. The van der Waals surface area contributed by atoms with Crippen molar-refractivity contribution in [3.8, 4) is 5.75 Å². The Hall–Kier alpha value is -2.09. The van der Waals surface area contributed by atoms with Crippen LogP contribution in [0.2, 0.25) is 5.02 Å². The molecule has 0 saturated heterocycles. The summed E-state index contributed by atoms with van der Waals surface area (Å²) >= 11 is 5.91. The molecule has 2 rings (SSSR count). The molecule has 6 nitrogen and oxygen atoms in total. The first kappa shape index (κ1) is 22.2. The lowest BCUT2D eigenvalue weighted by Gasteiger charge is -2.20. The van der Waals surface area contributed by atoms with Crippen LogP contribution in [0.5, 0.6) is 5.75 Å². The number of benzene rings is 2. The molecule has 2 aromatic carbocycles. The van der Waals surface area contributed by atoms with Crippen molar-refractivity contribution in [3.63, 3.8) is 0 Å². The van der Waals surface area contributed by atoms with Gasteiger partial charge in [0.1, 0.15) is 5.75 Å². The standard InChI is InChI=1S/C20H25ClN2O4S/c1-5-23(6-2)28(25,26)19-12-17(9-7-14(19)3)22-20(24)13-27-18-10-8-16(21)11-15(18)4/h7-12H,5-6,13H2,1-4H3,(H,22,24). The molecule has 1 N–H and O–H groups in total. The molecule has 28 heavy (non-hydrogen) atoms. The van der Waals surface area contributed by atoms with Crippen molar-refractivity contribution >= 4 is 33.2 Å². The number of hydrogen-bond acceptors (Lipinski definition) is 4. The molecule has 0 unspecified atom stereocenters. The third kappa shape index (κ3) is 5.25. The molecule has 1 amide bonds. The van der Waals surface area contributed by atoms with Crippen LogP contribution in [0.25, 0.3) is 0 Å². The number of hydrogen-bond donors (Lipinski definition) is 1. The van der Waals surface area contributed by atoms with Crippen LogP contribution in [-0.2, 0) is 14.8 Å². The summed E-state index contributed by atoms with van der Waals surface area (Å²) < 4.78 is 32.5. The van der Waals surface area contributed by atoms with Crippen LogP contribution in [-0.4, -0.2) is 38.3 Å². The Labute approximate surface area is 171 Å². The molecule has 0 aliphatic carbocycles. The van der Waals surface area contributed by atoms with E-state index in [4.69, 9.17) is 16.3 Å². The predicted octanol–water partition coefficient (Wildman–Crippen LogP) is 4.00. The Balaban J connectivity index is 2.13. The van der Waals surface area contributed by atoms with Crippen LogP contribution < -0.4 is 10.1 Å². The van der Waals surface area contributed by atoms with E-state index >= 15 is 0 Å². The highest BCUT2D eigenvalue weighted by Crippen LogP contribution is 2.24. The zero-order chi connectivity index (χ0) is 20.9. The first-order valence-electron chi connectivity index (χ1n) is 8.98. The highest BCUT2D eigenvalue weighted by atomic mass is 35.5. The Kier molecular flexibility index (Phi) is 7.46. The number of nitrogens with one attached hydrogen (secondary N) is 1. The van der Waals surface area contributed by atoms with Gasteiger partial charge in [-0.15, -0.1) is 0 Å². The van der Waals surface area contributed by atoms with Gasteiger partial charge in [0.05, 0.1) is 4.90 Å². The van der Waals surface area contributed by atoms with Gasteiger partial charge in [0.25, 0.3) is 5.91 Å². The van der Waals surface area contributed by atoms with E-state index < -0.39 is 10.0 Å². The van der Waals surface area contributed by atoms with Crippen molar-refractivity contribution < 1.29 is 17.9 Å². The molecule has 0 radical (unpaired) electrons. The number of rotatable bonds is 8. The average Bonchev–Trinajstić information content (AvgIpc) is 2.63. The van der Waals surface area contributed by atoms with Crippen LogP contribution in [0.4, 0.5) is 5.69 Å². The number of carbonyl (C=O) groups excluding carboxylic acids is 1. The fourth-order valence-electron chi connectivity index (χ4n) is 2.77. The van der Waals surface area contributed by atoms with E-state index in [0.717, 1.165) is 5.56 Å². The van der Waals surface area contributed by atoms with E-state index in [1.165, 1.54) is 10.4 Å². The molecule has 0 spiro atoms. The van der Waals surface area contributed by atoms with Crippen molar-refractivity contribution in [1.82, 2.24) is 4.31 Å². The van der Waals surface area contributed by atoms with Crippen LogP contribution in [0.3, 0.4) is 0 Å². The van der Waals surface area contributed by atoms with Gasteiger partial charge < -0.3 is 10.1 Å². The molecule has 0 aliphatic rings. The summed E-state index contributed by atoms with van der Waals surface area (Å²) in [5.74, 6) is 0.178. The quantitative estimate of drug-likeness (QED) is 0.694. The maximum atomic E-state index is 12.8. The SMILES string of the molecule is CCN(CC)S(=O)(=O)c1cc(NC(=O)COc2ccc(Cl)cc2C)ccc1C. The Morgan fingerprint density at radius 2 is 1.75 bits per heavy atom. The number of anilines is 1. The lowest BCUT2D eigenvalue weighted by Crippen LogP contribution is -2.31. The van der Waals surface area contributed by atoms with Gasteiger partial charge in [-0.3, -0.25) is 4.79 Å². The number of ether oxygens (including phenoxy) is 1. The number of aryl methyl sites for hydroxylation is 2. The summed E-state index contributed by atoms with van der Waals surface area (Å²) in [6, 6.07) is 9.96. The minimum absolute atomic E-state index is 0.184. The normalized spacial score (nSPS) is 11.5. The summed E-state index contributed by atoms with van der Waals surface area (Å²) in [7, 11) is -3.62. The maximum Gasteiger partial charge on any atom is 0.262 e. The summed E-state index contributed by atoms with van der Waals surface area (Å²) in [5.41, 5.74) is 1.85. The monoisotopic (exact) mass is 424 g/mol. The number of carbonyl (C=O) groups is 1. The van der Waals surface area contributed by atoms with E-state index in [1.807, 2.05) is 6.92 Å². The second kappa shape index (κ2) is 9.41. The smallest absolute Gasteiger partial charge is 0.262 e. The molecule has 0 saturated carbocycles. The Morgan fingerprint density at radius 1 is 1.07 bits per heavy atom. The van der Waals surface area contributed by atoms with E-state index in [-0.39, 0.29) is 17.4 Å². The minimum Gasteiger partial charge on any atom is -0.483 e. The molecular weight excluding hydrogens is 400 g/mol. The van der Waals surface area contributed by atoms with Crippen LogP contribution in [0.15, 0.2) is 41.3 Å². The third-order valence-electron chi connectivity index (χ3n) is 4.29. The number of amides is 1. The Bertz CT molecular complexity index is 957. The lowest BCUT2D eigenvalue weighted by molar-refractivity contribution is -0.118. The number of nitrogens with zero attached hydrogens (tertiary/aromatic N) is 1. The molecule has 8 heteroatoms. The molecule has 0 atom stereocenters. The van der Waals surface area contributed by atoms with Crippen molar-refractivity contribution in [2.45, 2.75) is 32.6 Å². The van der Waals surface area contributed by atoms with Gasteiger partial charge in [0.15, 0.2) is 6.61 Å². The molecule has 0 heterocycles. The Morgan fingerprint density at radius 3 is 2.36 bits per heavy atom. The fourth-order valence-corrected chi connectivity index (χ4v) is 4.71. The molecule has 0 bridgehead atoms. The van der Waals surface area contributed by atoms with Gasteiger partial charge in [0, 0.05) is 23.8 Å². The highest BCUT2D eigenvalue weighted by molar-refractivity contribution is 7.89. The first-order chi connectivity index (χ1) is 13.2. The van der Waals surface area contributed by atoms with Crippen molar-refractivity contribution in [3.05, 3.63) is 52.5 Å². The maximum absolute atomic E-state index is 12.8. The molecule has 0 fully saturated rings. The second-order valence-electron chi connectivity index (χ2n) is 6.32. The van der Waals surface area contributed by atoms with Crippen molar-refractivity contribution in [1.29, 1.82) is 0 Å². The van der Waals surface area contributed by atoms with Crippen LogP contribution in [0.1, 0.15) is 25.0 Å².